The van der Waals surface area contributed by atoms with Crippen molar-refractivity contribution in [3.05, 3.63) is 12.2 Å². The second-order valence-electron chi connectivity index (χ2n) is 8.69. The maximum Gasteiger partial charge on any atom is 0.243 e. The van der Waals surface area contributed by atoms with Crippen molar-refractivity contribution in [1.29, 1.82) is 0 Å². The molecular formula is C21H33N5O2. The molecule has 2 heterocycles. The maximum atomic E-state index is 12.9. The van der Waals surface area contributed by atoms with Gasteiger partial charge in [0.2, 0.25) is 11.8 Å². The molecule has 2 aliphatic carbocycles. The smallest absolute Gasteiger partial charge is 0.243 e. The number of carbonyl (C=O) groups excluding carboxylic acids is 2. The largest absolute Gasteiger partial charge is 0.347 e. The molecule has 1 atom stereocenters. The lowest BCUT2D eigenvalue weighted by Crippen LogP contribution is -2.48. The summed E-state index contributed by atoms with van der Waals surface area (Å²) in [6, 6.07) is 0.131. The summed E-state index contributed by atoms with van der Waals surface area (Å²) in [5, 5.41) is 11.3. The predicted octanol–water partition coefficient (Wildman–Crippen LogP) is 2.97. The van der Waals surface area contributed by atoms with Gasteiger partial charge in [0.15, 0.2) is 5.82 Å². The molecule has 0 radical (unpaired) electrons. The lowest BCUT2D eigenvalue weighted by atomic mass is 9.88. The zero-order chi connectivity index (χ0) is 19.3. The molecule has 1 N–H and O–H groups in total. The first-order chi connectivity index (χ1) is 13.7. The van der Waals surface area contributed by atoms with Crippen molar-refractivity contribution < 1.29 is 9.59 Å². The van der Waals surface area contributed by atoms with E-state index in [0.29, 0.717) is 19.1 Å². The molecule has 4 rings (SSSR count). The molecule has 7 nitrogen and oxygen atoms in total. The Hall–Kier alpha value is -1.92. The number of aromatic nitrogens is 3. The topological polar surface area (TPSA) is 80.1 Å². The van der Waals surface area contributed by atoms with Gasteiger partial charge in [0.25, 0.3) is 0 Å². The highest BCUT2D eigenvalue weighted by Crippen LogP contribution is 2.30. The Morgan fingerprint density at radius 1 is 0.964 bits per heavy atom. The summed E-state index contributed by atoms with van der Waals surface area (Å²) >= 11 is 0. The highest BCUT2D eigenvalue weighted by Gasteiger charge is 2.37. The van der Waals surface area contributed by atoms with Gasteiger partial charge >= 0.3 is 0 Å². The number of hydrogen-bond acceptors (Lipinski definition) is 4. The van der Waals surface area contributed by atoms with Gasteiger partial charge in [-0.1, -0.05) is 38.5 Å². The van der Waals surface area contributed by atoms with Gasteiger partial charge in [0.1, 0.15) is 12.4 Å². The molecule has 0 aromatic carbocycles. The van der Waals surface area contributed by atoms with Crippen molar-refractivity contribution in [3.63, 3.8) is 0 Å². The standard InChI is InChI=1S/C21H33N5O2/c27-20(18-12-7-13-25(18)21(28)16-8-3-1-4-9-16)22-14-19-24-23-15-26(19)17-10-5-2-6-11-17/h15-18H,1-14H2,(H,22,27)/t18-/m0/s1. The summed E-state index contributed by atoms with van der Waals surface area (Å²) < 4.78 is 2.14. The van der Waals surface area contributed by atoms with E-state index < -0.39 is 0 Å². The number of carbonyl (C=O) groups is 2. The minimum Gasteiger partial charge on any atom is -0.347 e. The molecule has 7 heteroatoms. The molecule has 1 aliphatic heterocycles. The van der Waals surface area contributed by atoms with Crippen LogP contribution in [-0.2, 0) is 16.1 Å². The number of nitrogens with one attached hydrogen (secondary N) is 1. The van der Waals surface area contributed by atoms with Gasteiger partial charge in [0, 0.05) is 18.5 Å². The third-order valence-electron chi connectivity index (χ3n) is 6.83. The summed E-state index contributed by atoms with van der Waals surface area (Å²) in [6.07, 6.45) is 15.0. The van der Waals surface area contributed by atoms with Gasteiger partial charge in [-0.3, -0.25) is 9.59 Å². The van der Waals surface area contributed by atoms with Gasteiger partial charge < -0.3 is 14.8 Å². The van der Waals surface area contributed by atoms with Crippen LogP contribution in [-0.4, -0.2) is 44.1 Å². The zero-order valence-electron chi connectivity index (χ0n) is 16.8. The Bertz CT molecular complexity index is 676. The van der Waals surface area contributed by atoms with E-state index in [1.807, 2.05) is 4.90 Å². The van der Waals surface area contributed by atoms with Crippen LogP contribution in [0.15, 0.2) is 6.33 Å². The van der Waals surface area contributed by atoms with Gasteiger partial charge in [0.05, 0.1) is 6.54 Å². The molecule has 0 bridgehead atoms. The van der Waals surface area contributed by atoms with Crippen molar-refractivity contribution >= 4 is 11.8 Å². The van der Waals surface area contributed by atoms with Crippen molar-refractivity contribution in [2.24, 2.45) is 5.92 Å². The van der Waals surface area contributed by atoms with E-state index in [0.717, 1.165) is 57.2 Å². The lowest BCUT2D eigenvalue weighted by molar-refractivity contribution is -0.142. The van der Waals surface area contributed by atoms with Gasteiger partial charge in [-0.05, 0) is 38.5 Å². The van der Waals surface area contributed by atoms with E-state index >= 15 is 0 Å². The predicted molar refractivity (Wildman–Crippen MR) is 105 cm³/mol. The Morgan fingerprint density at radius 3 is 2.43 bits per heavy atom. The highest BCUT2D eigenvalue weighted by molar-refractivity contribution is 5.89. The fourth-order valence-corrected chi connectivity index (χ4v) is 5.23. The second kappa shape index (κ2) is 9.05. The van der Waals surface area contributed by atoms with Crippen molar-refractivity contribution in [3.8, 4) is 0 Å². The number of rotatable bonds is 5. The molecule has 2 amide bonds. The van der Waals surface area contributed by atoms with Crippen LogP contribution >= 0.6 is 0 Å². The first-order valence-electron chi connectivity index (χ1n) is 11.2. The quantitative estimate of drug-likeness (QED) is 0.842. The van der Waals surface area contributed by atoms with Crippen LogP contribution in [0.25, 0.3) is 0 Å². The SMILES string of the molecule is O=C(NCc1nncn1C1CCCCC1)[C@@H]1CCCN1C(=O)C1CCCCC1. The molecule has 154 valence electrons. The van der Waals surface area contributed by atoms with Crippen LogP contribution in [0.3, 0.4) is 0 Å². The first kappa shape index (κ1) is 19.4. The summed E-state index contributed by atoms with van der Waals surface area (Å²) in [4.78, 5) is 27.6. The Morgan fingerprint density at radius 2 is 1.68 bits per heavy atom. The molecule has 28 heavy (non-hydrogen) atoms. The summed E-state index contributed by atoms with van der Waals surface area (Å²) in [7, 11) is 0. The Kier molecular flexibility index (Phi) is 6.27. The fraction of sp³-hybridized carbons (Fsp3) is 0.810. The number of likely N-dealkylation sites (tertiary alicyclic amines) is 1. The van der Waals surface area contributed by atoms with E-state index in [-0.39, 0.29) is 23.8 Å². The number of nitrogens with zero attached hydrogens (tertiary/aromatic N) is 4. The van der Waals surface area contributed by atoms with E-state index in [1.54, 1.807) is 6.33 Å². The van der Waals surface area contributed by atoms with Gasteiger partial charge in [-0.25, -0.2) is 0 Å². The molecule has 0 spiro atoms. The maximum absolute atomic E-state index is 12.9. The summed E-state index contributed by atoms with van der Waals surface area (Å²) in [5.41, 5.74) is 0. The van der Waals surface area contributed by atoms with Crippen LogP contribution in [0, 0.1) is 5.92 Å². The average molecular weight is 388 g/mol. The average Bonchev–Trinajstić information content (AvgIpc) is 3.42. The Balaban J connectivity index is 1.34. The van der Waals surface area contributed by atoms with E-state index in [2.05, 4.69) is 20.1 Å². The lowest BCUT2D eigenvalue weighted by Gasteiger charge is -2.30. The van der Waals surface area contributed by atoms with Crippen molar-refractivity contribution in [2.45, 2.75) is 95.7 Å². The van der Waals surface area contributed by atoms with E-state index in [4.69, 9.17) is 0 Å². The van der Waals surface area contributed by atoms with Crippen LogP contribution in [0.5, 0.6) is 0 Å². The summed E-state index contributed by atoms with van der Waals surface area (Å²) in [6.45, 7) is 1.10. The molecule has 3 fully saturated rings. The number of amides is 2. The van der Waals surface area contributed by atoms with Crippen LogP contribution < -0.4 is 5.32 Å². The first-order valence-corrected chi connectivity index (χ1v) is 11.2. The third-order valence-corrected chi connectivity index (χ3v) is 6.83. The third kappa shape index (κ3) is 4.23. The molecule has 1 aromatic rings. The van der Waals surface area contributed by atoms with E-state index in [1.165, 1.54) is 25.7 Å². The van der Waals surface area contributed by atoms with Gasteiger partial charge in [-0.2, -0.15) is 0 Å². The Labute approximate surface area is 167 Å². The van der Waals surface area contributed by atoms with Crippen molar-refractivity contribution in [2.75, 3.05) is 6.54 Å². The summed E-state index contributed by atoms with van der Waals surface area (Å²) in [5.74, 6) is 1.10. The van der Waals surface area contributed by atoms with Crippen LogP contribution in [0.1, 0.15) is 88.9 Å². The molecule has 1 aromatic heterocycles. The molecule has 3 aliphatic rings. The number of hydrogen-bond donors (Lipinski definition) is 1. The highest BCUT2D eigenvalue weighted by atomic mass is 16.2. The normalized spacial score (nSPS) is 24.4. The molecule has 0 unspecified atom stereocenters. The second-order valence-corrected chi connectivity index (χ2v) is 8.69. The zero-order valence-corrected chi connectivity index (χ0v) is 16.8. The molecular weight excluding hydrogens is 354 g/mol. The van der Waals surface area contributed by atoms with Crippen LogP contribution in [0.4, 0.5) is 0 Å². The monoisotopic (exact) mass is 387 g/mol. The molecule has 2 saturated carbocycles. The minimum atomic E-state index is -0.319. The van der Waals surface area contributed by atoms with Crippen molar-refractivity contribution in [1.82, 2.24) is 25.0 Å². The minimum absolute atomic E-state index is 0.0418. The molecule has 1 saturated heterocycles. The van der Waals surface area contributed by atoms with E-state index in [9.17, 15) is 9.59 Å². The van der Waals surface area contributed by atoms with Gasteiger partial charge in [-0.15, -0.1) is 10.2 Å². The fourth-order valence-electron chi connectivity index (χ4n) is 5.23. The van der Waals surface area contributed by atoms with Crippen LogP contribution in [0.2, 0.25) is 0 Å².